The summed E-state index contributed by atoms with van der Waals surface area (Å²) in [6, 6.07) is 0. The van der Waals surface area contributed by atoms with E-state index < -0.39 is 0 Å². The first-order valence-electron chi connectivity index (χ1n) is 7.98. The Hall–Kier alpha value is -1.78. The maximum Gasteiger partial charge on any atom is 0.131 e. The van der Waals surface area contributed by atoms with Crippen molar-refractivity contribution in [3.63, 3.8) is 0 Å². The van der Waals surface area contributed by atoms with Crippen LogP contribution in [0.1, 0.15) is 56.5 Å². The van der Waals surface area contributed by atoms with Crippen LogP contribution in [0.3, 0.4) is 0 Å². The summed E-state index contributed by atoms with van der Waals surface area (Å²) >= 11 is 0. The van der Waals surface area contributed by atoms with Gasteiger partial charge in [0, 0.05) is 30.8 Å². The number of nitrogens with zero attached hydrogens (tertiary/aromatic N) is 4. The molecule has 0 aromatic carbocycles. The van der Waals surface area contributed by atoms with Crippen LogP contribution in [0, 0.1) is 6.92 Å². The predicted molar refractivity (Wildman–Crippen MR) is 85.1 cm³/mol. The first kappa shape index (κ1) is 14.2. The Balaban J connectivity index is 2.06. The fourth-order valence-electron chi connectivity index (χ4n) is 3.42. The molecule has 0 spiro atoms. The van der Waals surface area contributed by atoms with Gasteiger partial charge in [-0.25, -0.2) is 4.98 Å². The van der Waals surface area contributed by atoms with Gasteiger partial charge < -0.3 is 10.3 Å². The molecule has 0 atom stereocenters. The molecule has 1 aliphatic rings. The van der Waals surface area contributed by atoms with Gasteiger partial charge in [0.05, 0.1) is 6.20 Å². The van der Waals surface area contributed by atoms with Crippen molar-refractivity contribution in [3.05, 3.63) is 17.7 Å². The minimum atomic E-state index is 0.562. The Kier molecular flexibility index (Phi) is 3.74. The largest absolute Gasteiger partial charge is 0.383 e. The van der Waals surface area contributed by atoms with Crippen LogP contribution in [-0.4, -0.2) is 19.3 Å². The van der Waals surface area contributed by atoms with Gasteiger partial charge >= 0.3 is 0 Å². The van der Waals surface area contributed by atoms with Gasteiger partial charge in [0.15, 0.2) is 0 Å². The van der Waals surface area contributed by atoms with Crippen molar-refractivity contribution in [2.24, 2.45) is 7.05 Å². The Morgan fingerprint density at radius 3 is 2.57 bits per heavy atom. The van der Waals surface area contributed by atoms with E-state index in [1.165, 1.54) is 37.9 Å². The highest BCUT2D eigenvalue weighted by molar-refractivity contribution is 5.72. The average molecular weight is 287 g/mol. The van der Waals surface area contributed by atoms with Crippen molar-refractivity contribution in [2.45, 2.75) is 58.4 Å². The molecule has 2 N–H and O–H groups in total. The lowest BCUT2D eigenvalue weighted by molar-refractivity contribution is 0.418. The number of nitrogen functional groups attached to an aromatic ring is 1. The zero-order valence-electron chi connectivity index (χ0n) is 13.3. The molecular formula is C16H25N5. The number of imidazole rings is 1. The fourth-order valence-corrected chi connectivity index (χ4v) is 3.42. The molecule has 114 valence electrons. The third kappa shape index (κ3) is 2.34. The zero-order valence-corrected chi connectivity index (χ0v) is 13.3. The first-order valence-corrected chi connectivity index (χ1v) is 7.98. The molecular weight excluding hydrogens is 262 g/mol. The number of aromatic nitrogens is 4. The Morgan fingerprint density at radius 1 is 1.29 bits per heavy atom. The summed E-state index contributed by atoms with van der Waals surface area (Å²) in [6.07, 6.45) is 8.32. The lowest BCUT2D eigenvalue weighted by Gasteiger charge is -2.21. The number of rotatable bonds is 3. The standard InChI is InChI=1S/C16H25N5/c1-4-21-15(17)14(13-10-18-20(3)11(13)2)19-16(21)12-8-6-5-7-9-12/h10,12H,4-9,17H2,1-3H3. The van der Waals surface area contributed by atoms with Crippen LogP contribution in [0.25, 0.3) is 11.3 Å². The van der Waals surface area contributed by atoms with Crippen molar-refractivity contribution in [1.29, 1.82) is 0 Å². The first-order chi connectivity index (χ1) is 10.1. The average Bonchev–Trinajstić information content (AvgIpc) is 3.01. The minimum Gasteiger partial charge on any atom is -0.383 e. The number of hydrogen-bond donors (Lipinski definition) is 1. The van der Waals surface area contributed by atoms with Crippen LogP contribution in [0.2, 0.25) is 0 Å². The Labute approximate surface area is 126 Å². The molecule has 1 saturated carbocycles. The second kappa shape index (κ2) is 5.54. The van der Waals surface area contributed by atoms with E-state index in [9.17, 15) is 0 Å². The highest BCUT2D eigenvalue weighted by atomic mass is 15.3. The van der Waals surface area contributed by atoms with Gasteiger partial charge in [0.2, 0.25) is 0 Å². The van der Waals surface area contributed by atoms with Crippen molar-refractivity contribution in [1.82, 2.24) is 19.3 Å². The molecule has 0 bridgehead atoms. The Morgan fingerprint density at radius 2 is 2.00 bits per heavy atom. The summed E-state index contributed by atoms with van der Waals surface area (Å²) in [7, 11) is 1.95. The molecule has 5 nitrogen and oxygen atoms in total. The van der Waals surface area contributed by atoms with Crippen molar-refractivity contribution < 1.29 is 0 Å². The van der Waals surface area contributed by atoms with Crippen molar-refractivity contribution in [2.75, 3.05) is 5.73 Å². The van der Waals surface area contributed by atoms with Crippen molar-refractivity contribution in [3.8, 4) is 11.3 Å². The maximum absolute atomic E-state index is 6.39. The molecule has 0 unspecified atom stereocenters. The third-order valence-corrected chi connectivity index (χ3v) is 4.81. The van der Waals surface area contributed by atoms with E-state index in [4.69, 9.17) is 10.7 Å². The van der Waals surface area contributed by atoms with E-state index in [1.807, 2.05) is 17.9 Å². The van der Waals surface area contributed by atoms with E-state index in [0.29, 0.717) is 5.92 Å². The smallest absolute Gasteiger partial charge is 0.131 e. The van der Waals surface area contributed by atoms with Crippen LogP contribution in [-0.2, 0) is 13.6 Å². The molecule has 1 fully saturated rings. The maximum atomic E-state index is 6.39. The number of nitrogens with two attached hydrogens (primary N) is 1. The predicted octanol–water partition coefficient (Wildman–Crippen LogP) is 3.24. The van der Waals surface area contributed by atoms with Crippen LogP contribution in [0.15, 0.2) is 6.20 Å². The summed E-state index contributed by atoms with van der Waals surface area (Å²) < 4.78 is 4.07. The SMILES string of the molecule is CCn1c(C2CCCCC2)nc(-c2cnn(C)c2C)c1N. The van der Waals surface area contributed by atoms with E-state index in [1.54, 1.807) is 0 Å². The van der Waals surface area contributed by atoms with E-state index in [0.717, 1.165) is 29.3 Å². The highest BCUT2D eigenvalue weighted by Gasteiger charge is 2.25. The monoisotopic (exact) mass is 287 g/mol. The van der Waals surface area contributed by atoms with Gasteiger partial charge in [-0.2, -0.15) is 5.10 Å². The molecule has 21 heavy (non-hydrogen) atoms. The fraction of sp³-hybridized carbons (Fsp3) is 0.625. The molecule has 0 amide bonds. The van der Waals surface area contributed by atoms with E-state index in [-0.39, 0.29) is 0 Å². The van der Waals surface area contributed by atoms with Crippen LogP contribution < -0.4 is 5.73 Å². The molecule has 1 aliphatic carbocycles. The van der Waals surface area contributed by atoms with E-state index in [2.05, 4.69) is 23.5 Å². The lowest BCUT2D eigenvalue weighted by atomic mass is 9.88. The molecule has 2 heterocycles. The van der Waals surface area contributed by atoms with Gasteiger partial charge in [-0.05, 0) is 26.7 Å². The quantitative estimate of drug-likeness (QED) is 0.942. The van der Waals surface area contributed by atoms with Gasteiger partial charge in [-0.3, -0.25) is 4.68 Å². The van der Waals surface area contributed by atoms with Gasteiger partial charge in [-0.1, -0.05) is 19.3 Å². The second-order valence-corrected chi connectivity index (χ2v) is 6.05. The van der Waals surface area contributed by atoms with Gasteiger partial charge in [-0.15, -0.1) is 0 Å². The summed E-state index contributed by atoms with van der Waals surface area (Å²) in [5.74, 6) is 2.52. The molecule has 0 saturated heterocycles. The normalized spacial score (nSPS) is 16.5. The van der Waals surface area contributed by atoms with E-state index >= 15 is 0 Å². The van der Waals surface area contributed by atoms with Crippen molar-refractivity contribution >= 4 is 5.82 Å². The minimum absolute atomic E-state index is 0.562. The molecule has 0 radical (unpaired) electrons. The lowest BCUT2D eigenvalue weighted by Crippen LogP contribution is -2.12. The van der Waals surface area contributed by atoms with Gasteiger partial charge in [0.1, 0.15) is 17.3 Å². The topological polar surface area (TPSA) is 61.7 Å². The highest BCUT2D eigenvalue weighted by Crippen LogP contribution is 2.36. The number of aryl methyl sites for hydroxylation is 1. The Bertz CT molecular complexity index is 631. The summed E-state index contributed by atoms with van der Waals surface area (Å²) in [5.41, 5.74) is 9.46. The zero-order chi connectivity index (χ0) is 15.0. The molecule has 5 heteroatoms. The molecule has 3 rings (SSSR count). The molecule has 2 aromatic rings. The summed E-state index contributed by atoms with van der Waals surface area (Å²) in [5, 5.41) is 4.32. The van der Waals surface area contributed by atoms with Gasteiger partial charge in [0.25, 0.3) is 0 Å². The molecule has 2 aromatic heterocycles. The van der Waals surface area contributed by atoms with Crippen LogP contribution >= 0.6 is 0 Å². The summed E-state index contributed by atoms with van der Waals surface area (Å²) in [4.78, 5) is 4.93. The van der Waals surface area contributed by atoms with Crippen LogP contribution in [0.5, 0.6) is 0 Å². The second-order valence-electron chi connectivity index (χ2n) is 6.05. The number of hydrogen-bond acceptors (Lipinski definition) is 3. The van der Waals surface area contributed by atoms with Crippen LogP contribution in [0.4, 0.5) is 5.82 Å². The third-order valence-electron chi connectivity index (χ3n) is 4.81. The number of anilines is 1. The summed E-state index contributed by atoms with van der Waals surface area (Å²) in [6.45, 7) is 5.08. The molecule has 0 aliphatic heterocycles.